The fourth-order valence-electron chi connectivity index (χ4n) is 1.17. The lowest BCUT2D eigenvalue weighted by Crippen LogP contribution is -2.55. The molecule has 0 saturated carbocycles. The molecular weight excluding hydrogens is 178 g/mol. The SMILES string of the molecule is CCN[SiH](CNC(C)CC)NCC. The van der Waals surface area contributed by atoms with Gasteiger partial charge in [-0.25, -0.2) is 0 Å². The second-order valence-electron chi connectivity index (χ2n) is 3.39. The van der Waals surface area contributed by atoms with E-state index in [4.69, 9.17) is 0 Å². The molecule has 0 aliphatic heterocycles. The zero-order valence-electron chi connectivity index (χ0n) is 9.48. The molecule has 1 atom stereocenters. The van der Waals surface area contributed by atoms with Crippen molar-refractivity contribution < 1.29 is 0 Å². The Kier molecular flexibility index (Phi) is 8.75. The van der Waals surface area contributed by atoms with Crippen LogP contribution in [0.5, 0.6) is 0 Å². The Labute approximate surface area is 84.4 Å². The highest BCUT2D eigenvalue weighted by atomic mass is 28.3. The molecular formula is C9H25N3Si. The van der Waals surface area contributed by atoms with Crippen LogP contribution in [-0.2, 0) is 0 Å². The van der Waals surface area contributed by atoms with Gasteiger partial charge in [-0.3, -0.25) is 0 Å². The molecule has 1 unspecified atom stereocenters. The molecule has 0 bridgehead atoms. The number of hydrogen-bond acceptors (Lipinski definition) is 3. The number of rotatable bonds is 8. The zero-order valence-corrected chi connectivity index (χ0v) is 10.6. The Bertz CT molecular complexity index is 105. The summed E-state index contributed by atoms with van der Waals surface area (Å²) in [4.78, 5) is 7.06. The van der Waals surface area contributed by atoms with Crippen LogP contribution in [0.1, 0.15) is 34.1 Å². The Morgan fingerprint density at radius 3 is 2.00 bits per heavy atom. The molecule has 80 valence electrons. The molecule has 13 heavy (non-hydrogen) atoms. The van der Waals surface area contributed by atoms with E-state index >= 15 is 0 Å². The van der Waals surface area contributed by atoms with Crippen LogP contribution < -0.4 is 15.3 Å². The van der Waals surface area contributed by atoms with Gasteiger partial charge >= 0.3 is 0 Å². The van der Waals surface area contributed by atoms with E-state index < -0.39 is 9.12 Å². The summed E-state index contributed by atoms with van der Waals surface area (Å²) >= 11 is 0. The van der Waals surface area contributed by atoms with Gasteiger partial charge in [0.05, 0.1) is 0 Å². The summed E-state index contributed by atoms with van der Waals surface area (Å²) in [6.45, 7) is 10.9. The van der Waals surface area contributed by atoms with E-state index in [0.717, 1.165) is 19.3 Å². The Balaban J connectivity index is 3.55. The van der Waals surface area contributed by atoms with Gasteiger partial charge in [-0.15, -0.1) is 0 Å². The van der Waals surface area contributed by atoms with Gasteiger partial charge in [-0.2, -0.15) is 0 Å². The van der Waals surface area contributed by atoms with Crippen molar-refractivity contribution in [1.82, 2.24) is 15.3 Å². The smallest absolute Gasteiger partial charge is 0.198 e. The quantitative estimate of drug-likeness (QED) is 0.498. The Morgan fingerprint density at radius 2 is 1.62 bits per heavy atom. The zero-order chi connectivity index (χ0) is 10.1. The van der Waals surface area contributed by atoms with Crippen molar-refractivity contribution in [3.63, 3.8) is 0 Å². The lowest BCUT2D eigenvalue weighted by Gasteiger charge is -2.19. The molecule has 0 aliphatic rings. The van der Waals surface area contributed by atoms with Gasteiger partial charge in [0.15, 0.2) is 9.12 Å². The first-order chi connectivity index (χ1) is 6.24. The molecule has 0 saturated heterocycles. The van der Waals surface area contributed by atoms with E-state index in [1.807, 2.05) is 0 Å². The molecule has 3 nitrogen and oxygen atoms in total. The molecule has 4 heteroatoms. The summed E-state index contributed by atoms with van der Waals surface area (Å²) in [6, 6.07) is 0.646. The number of nitrogens with one attached hydrogen (secondary N) is 3. The predicted molar refractivity (Wildman–Crippen MR) is 62.3 cm³/mol. The average molecular weight is 203 g/mol. The van der Waals surface area contributed by atoms with Crippen LogP contribution in [0, 0.1) is 0 Å². The third-order valence-electron chi connectivity index (χ3n) is 2.18. The minimum Gasteiger partial charge on any atom is -0.327 e. The summed E-state index contributed by atoms with van der Waals surface area (Å²) in [7, 11) is -0.915. The van der Waals surface area contributed by atoms with Gasteiger partial charge in [0.1, 0.15) is 0 Å². The maximum Gasteiger partial charge on any atom is 0.198 e. The van der Waals surface area contributed by atoms with Gasteiger partial charge in [0, 0.05) is 12.2 Å². The molecule has 0 rings (SSSR count). The Morgan fingerprint density at radius 1 is 1.08 bits per heavy atom. The van der Waals surface area contributed by atoms with Crippen molar-refractivity contribution in [3.8, 4) is 0 Å². The summed E-state index contributed by atoms with van der Waals surface area (Å²) in [6.07, 6.45) is 2.34. The normalized spacial score (nSPS) is 13.6. The predicted octanol–water partition coefficient (Wildman–Crippen LogP) is 0.353. The van der Waals surface area contributed by atoms with Crippen molar-refractivity contribution in [2.45, 2.75) is 40.2 Å². The first-order valence-electron chi connectivity index (χ1n) is 5.44. The highest BCUT2D eigenvalue weighted by Gasteiger charge is 2.08. The molecule has 0 aromatic heterocycles. The van der Waals surface area contributed by atoms with Crippen molar-refractivity contribution in [2.24, 2.45) is 0 Å². The van der Waals surface area contributed by atoms with Gasteiger partial charge in [0.25, 0.3) is 0 Å². The minimum absolute atomic E-state index is 0.646. The number of hydrogen-bond donors (Lipinski definition) is 3. The fraction of sp³-hybridized carbons (Fsp3) is 1.00. The molecule has 0 spiro atoms. The third-order valence-corrected chi connectivity index (χ3v) is 4.63. The maximum atomic E-state index is 3.54. The molecule has 0 fully saturated rings. The van der Waals surface area contributed by atoms with E-state index in [1.165, 1.54) is 6.42 Å². The topological polar surface area (TPSA) is 36.1 Å². The van der Waals surface area contributed by atoms with Crippen LogP contribution in [0.25, 0.3) is 0 Å². The monoisotopic (exact) mass is 203 g/mol. The standard InChI is InChI=1S/C9H25N3Si/c1-5-9(4)10-8-13(11-6-2)12-7-3/h9-13H,5-8H2,1-4H3. The van der Waals surface area contributed by atoms with Gasteiger partial charge in [0.2, 0.25) is 0 Å². The van der Waals surface area contributed by atoms with Crippen LogP contribution in [-0.4, -0.2) is 34.4 Å². The first-order valence-corrected chi connectivity index (χ1v) is 7.41. The van der Waals surface area contributed by atoms with Gasteiger partial charge in [-0.1, -0.05) is 20.8 Å². The highest BCUT2D eigenvalue weighted by molar-refractivity contribution is 6.53. The highest BCUT2D eigenvalue weighted by Crippen LogP contribution is 1.86. The van der Waals surface area contributed by atoms with Crippen LogP contribution in [0.2, 0.25) is 0 Å². The lowest BCUT2D eigenvalue weighted by atomic mass is 10.3. The second-order valence-corrected chi connectivity index (χ2v) is 5.72. The molecule has 0 aromatic rings. The van der Waals surface area contributed by atoms with Gasteiger partial charge in [-0.05, 0) is 26.4 Å². The van der Waals surface area contributed by atoms with Crippen LogP contribution >= 0.6 is 0 Å². The molecule has 0 aliphatic carbocycles. The van der Waals surface area contributed by atoms with Crippen molar-refractivity contribution in [1.29, 1.82) is 0 Å². The summed E-state index contributed by atoms with van der Waals surface area (Å²) in [5, 5.41) is 3.54. The molecule has 0 aromatic carbocycles. The summed E-state index contributed by atoms with van der Waals surface area (Å²) in [5.74, 6) is 0. The van der Waals surface area contributed by atoms with E-state index in [0.29, 0.717) is 6.04 Å². The van der Waals surface area contributed by atoms with E-state index in [2.05, 4.69) is 43.0 Å². The van der Waals surface area contributed by atoms with E-state index in [-0.39, 0.29) is 0 Å². The third kappa shape index (κ3) is 7.19. The average Bonchev–Trinajstić information content (AvgIpc) is 2.14. The lowest BCUT2D eigenvalue weighted by molar-refractivity contribution is 0.571. The fourth-order valence-corrected chi connectivity index (χ4v) is 3.23. The molecule has 0 radical (unpaired) electrons. The largest absolute Gasteiger partial charge is 0.327 e. The van der Waals surface area contributed by atoms with E-state index in [1.54, 1.807) is 0 Å². The van der Waals surface area contributed by atoms with Gasteiger partial charge < -0.3 is 15.3 Å². The first kappa shape index (κ1) is 13.1. The van der Waals surface area contributed by atoms with Crippen molar-refractivity contribution >= 4 is 9.12 Å². The van der Waals surface area contributed by atoms with Crippen LogP contribution in [0.4, 0.5) is 0 Å². The summed E-state index contributed by atoms with van der Waals surface area (Å²) in [5.41, 5.74) is 0. The van der Waals surface area contributed by atoms with E-state index in [9.17, 15) is 0 Å². The summed E-state index contributed by atoms with van der Waals surface area (Å²) < 4.78 is 0. The minimum atomic E-state index is -0.915. The van der Waals surface area contributed by atoms with Crippen molar-refractivity contribution in [3.05, 3.63) is 0 Å². The second kappa shape index (κ2) is 8.68. The van der Waals surface area contributed by atoms with Crippen LogP contribution in [0.15, 0.2) is 0 Å². The maximum absolute atomic E-state index is 3.54. The molecule has 3 N–H and O–H groups in total. The van der Waals surface area contributed by atoms with Crippen molar-refractivity contribution in [2.75, 3.05) is 19.3 Å². The Hall–Kier alpha value is 0.0969. The molecule has 0 heterocycles. The molecule has 0 amide bonds. The van der Waals surface area contributed by atoms with Crippen LogP contribution in [0.3, 0.4) is 0 Å².